The molecule has 0 radical (unpaired) electrons. The van der Waals surface area contributed by atoms with E-state index in [1.54, 1.807) is 24.3 Å². The summed E-state index contributed by atoms with van der Waals surface area (Å²) in [6.45, 7) is 0.0298. The van der Waals surface area contributed by atoms with Crippen LogP contribution in [0.15, 0.2) is 72.8 Å². The van der Waals surface area contributed by atoms with Crippen LogP contribution in [-0.4, -0.2) is 39.4 Å². The van der Waals surface area contributed by atoms with Crippen molar-refractivity contribution in [1.29, 1.82) is 0 Å². The number of carbonyl (C=O) groups is 3. The van der Waals surface area contributed by atoms with Crippen molar-refractivity contribution in [2.45, 2.75) is 18.9 Å². The maximum Gasteiger partial charge on any atom is 0.307 e. The summed E-state index contributed by atoms with van der Waals surface area (Å²) in [5.41, 5.74) is 3.28. The highest BCUT2D eigenvalue weighted by molar-refractivity contribution is 6.30. The highest BCUT2D eigenvalue weighted by Gasteiger charge is 2.47. The number of hydrogen-bond acceptors (Lipinski definition) is 4. The molecule has 7 heteroatoms. The van der Waals surface area contributed by atoms with Crippen molar-refractivity contribution in [3.8, 4) is 11.1 Å². The Kier molecular flexibility index (Phi) is 6.17. The van der Waals surface area contributed by atoms with Crippen LogP contribution in [-0.2, 0) is 4.79 Å². The van der Waals surface area contributed by atoms with Gasteiger partial charge in [-0.2, -0.15) is 0 Å². The molecule has 1 heterocycles. The first-order valence-electron chi connectivity index (χ1n) is 11.6. The fourth-order valence-electron chi connectivity index (χ4n) is 5.46. The lowest BCUT2D eigenvalue weighted by Crippen LogP contribution is -2.39. The number of carbonyl (C=O) groups excluding carboxylic acids is 2. The van der Waals surface area contributed by atoms with Crippen LogP contribution < -0.4 is 0 Å². The molecule has 0 unspecified atom stereocenters. The van der Waals surface area contributed by atoms with E-state index in [2.05, 4.69) is 0 Å². The van der Waals surface area contributed by atoms with E-state index in [1.165, 1.54) is 0 Å². The van der Waals surface area contributed by atoms with Crippen molar-refractivity contribution in [1.82, 2.24) is 4.90 Å². The number of hydrogen-bond donors (Lipinski definition) is 2. The molecule has 2 amide bonds. The van der Waals surface area contributed by atoms with Crippen molar-refractivity contribution in [3.05, 3.63) is 94.5 Å². The Morgan fingerprint density at radius 1 is 0.886 bits per heavy atom. The first kappa shape index (κ1) is 23.3. The molecule has 35 heavy (non-hydrogen) atoms. The molecule has 0 spiro atoms. The monoisotopic (exact) mass is 489 g/mol. The summed E-state index contributed by atoms with van der Waals surface area (Å²) >= 11 is 5.96. The smallest absolute Gasteiger partial charge is 0.307 e. The number of halogens is 1. The minimum absolute atomic E-state index is 0.0298. The van der Waals surface area contributed by atoms with Crippen molar-refractivity contribution >= 4 is 29.4 Å². The van der Waals surface area contributed by atoms with Gasteiger partial charge in [-0.05, 0) is 59.7 Å². The van der Waals surface area contributed by atoms with Crippen LogP contribution in [0.4, 0.5) is 0 Å². The van der Waals surface area contributed by atoms with Gasteiger partial charge in [0.2, 0.25) is 0 Å². The van der Waals surface area contributed by atoms with Crippen LogP contribution in [0.5, 0.6) is 0 Å². The van der Waals surface area contributed by atoms with Crippen LogP contribution in [0.2, 0.25) is 5.02 Å². The molecule has 5 rings (SSSR count). The average Bonchev–Trinajstić information content (AvgIpc) is 3.40. The molecule has 0 aromatic heterocycles. The zero-order valence-corrected chi connectivity index (χ0v) is 19.6. The summed E-state index contributed by atoms with van der Waals surface area (Å²) in [7, 11) is 0. The normalized spacial score (nSPS) is 22.3. The lowest BCUT2D eigenvalue weighted by molar-refractivity contribution is -0.146. The fraction of sp³-hybridized carbons (Fsp3) is 0.250. The lowest BCUT2D eigenvalue weighted by atomic mass is 9.83. The second-order valence-electron chi connectivity index (χ2n) is 9.21. The molecule has 4 atom stereocenters. The summed E-state index contributed by atoms with van der Waals surface area (Å²) in [6, 6.07) is 21.5. The van der Waals surface area contributed by atoms with Crippen molar-refractivity contribution < 1.29 is 24.6 Å². The Labute approximate surface area is 207 Å². The topological polar surface area (TPSA) is 94.9 Å². The van der Waals surface area contributed by atoms with Gasteiger partial charge in [0.05, 0.1) is 23.1 Å². The lowest BCUT2D eigenvalue weighted by Gasteiger charge is -2.27. The molecule has 0 bridgehead atoms. The Morgan fingerprint density at radius 2 is 1.43 bits per heavy atom. The SMILES string of the molecule is O=C(O)[C@H]1[C@H](CN2C(=O)c3ccccc3C2=O)CC[C@@H]1[C@@H](O)c1ccc(-c2ccc(Cl)cc2)cc1. The van der Waals surface area contributed by atoms with Gasteiger partial charge in [0.15, 0.2) is 0 Å². The van der Waals surface area contributed by atoms with Crippen molar-refractivity contribution in [2.75, 3.05) is 6.54 Å². The predicted molar refractivity (Wildman–Crippen MR) is 131 cm³/mol. The molecule has 0 saturated heterocycles. The zero-order chi connectivity index (χ0) is 24.7. The molecule has 6 nitrogen and oxygen atoms in total. The van der Waals surface area contributed by atoms with E-state index in [0.29, 0.717) is 34.6 Å². The third-order valence-corrected chi connectivity index (χ3v) is 7.51. The highest BCUT2D eigenvalue weighted by atomic mass is 35.5. The number of imide groups is 1. The maximum absolute atomic E-state index is 12.8. The van der Waals surface area contributed by atoms with Gasteiger partial charge in [-0.1, -0.05) is 60.1 Å². The average molecular weight is 490 g/mol. The Hall–Kier alpha value is -3.48. The minimum Gasteiger partial charge on any atom is -0.481 e. The minimum atomic E-state index is -1.02. The van der Waals surface area contributed by atoms with Gasteiger partial charge in [0, 0.05) is 17.5 Å². The van der Waals surface area contributed by atoms with Gasteiger partial charge in [-0.15, -0.1) is 0 Å². The van der Waals surface area contributed by atoms with Crippen LogP contribution >= 0.6 is 11.6 Å². The van der Waals surface area contributed by atoms with E-state index in [0.717, 1.165) is 16.0 Å². The molecule has 1 aliphatic heterocycles. The summed E-state index contributed by atoms with van der Waals surface area (Å²) in [4.78, 5) is 39.0. The molecule has 2 aliphatic rings. The number of fused-ring (bicyclic) bond motifs is 1. The van der Waals surface area contributed by atoms with Gasteiger partial charge in [0.25, 0.3) is 11.8 Å². The van der Waals surface area contributed by atoms with E-state index >= 15 is 0 Å². The summed E-state index contributed by atoms with van der Waals surface area (Å²) in [5, 5.41) is 21.8. The van der Waals surface area contributed by atoms with Gasteiger partial charge in [0.1, 0.15) is 0 Å². The van der Waals surface area contributed by atoms with Crippen LogP contribution in [0.1, 0.15) is 45.2 Å². The number of aliphatic carboxylic acids is 1. The summed E-state index contributed by atoms with van der Waals surface area (Å²) < 4.78 is 0. The number of carboxylic acids is 1. The van der Waals surface area contributed by atoms with E-state index in [1.807, 2.05) is 48.5 Å². The van der Waals surface area contributed by atoms with Crippen LogP contribution in [0, 0.1) is 17.8 Å². The number of aliphatic hydroxyl groups excluding tert-OH is 1. The molecule has 3 aromatic rings. The van der Waals surface area contributed by atoms with Crippen molar-refractivity contribution in [3.63, 3.8) is 0 Å². The third-order valence-electron chi connectivity index (χ3n) is 7.26. The van der Waals surface area contributed by atoms with Gasteiger partial charge in [-0.25, -0.2) is 0 Å². The quantitative estimate of drug-likeness (QED) is 0.472. The first-order valence-corrected chi connectivity index (χ1v) is 11.9. The maximum atomic E-state index is 12.8. The first-order chi connectivity index (χ1) is 16.8. The molecular formula is C28H24ClNO5. The largest absolute Gasteiger partial charge is 0.481 e. The summed E-state index contributed by atoms with van der Waals surface area (Å²) in [6.07, 6.45) is 0.0300. The molecular weight excluding hydrogens is 466 g/mol. The summed E-state index contributed by atoms with van der Waals surface area (Å²) in [5.74, 6) is -3.62. The Balaban J connectivity index is 1.33. The second-order valence-corrected chi connectivity index (χ2v) is 9.64. The van der Waals surface area contributed by atoms with E-state index in [9.17, 15) is 24.6 Å². The molecule has 178 valence electrons. The number of aliphatic hydroxyl groups is 1. The molecule has 1 saturated carbocycles. The predicted octanol–water partition coefficient (Wildman–Crippen LogP) is 5.06. The molecule has 1 aliphatic carbocycles. The van der Waals surface area contributed by atoms with Gasteiger partial charge >= 0.3 is 5.97 Å². The number of amides is 2. The van der Waals surface area contributed by atoms with Crippen LogP contribution in [0.25, 0.3) is 11.1 Å². The third kappa shape index (κ3) is 4.24. The standard InChI is InChI=1S/C28H24ClNO5/c29-20-12-9-17(10-13-20)16-5-7-18(8-6-16)25(31)23-14-11-19(24(23)28(34)35)15-30-26(32)21-3-1-2-4-22(21)27(30)33/h1-10,12-13,19,23-25,31H,11,14-15H2,(H,34,35)/t19-,23-,24-,25-/m0/s1. The molecule has 3 aromatic carbocycles. The number of carboxylic acid groups (broad SMARTS) is 1. The van der Waals surface area contributed by atoms with Gasteiger partial charge < -0.3 is 10.2 Å². The Morgan fingerprint density at radius 3 is 1.97 bits per heavy atom. The van der Waals surface area contributed by atoms with Gasteiger partial charge in [-0.3, -0.25) is 19.3 Å². The second kappa shape index (κ2) is 9.29. The van der Waals surface area contributed by atoms with Crippen molar-refractivity contribution in [2.24, 2.45) is 17.8 Å². The Bertz CT molecular complexity index is 1250. The molecule has 1 fully saturated rings. The number of nitrogens with zero attached hydrogens (tertiary/aromatic N) is 1. The van der Waals surface area contributed by atoms with E-state index in [-0.39, 0.29) is 6.54 Å². The van der Waals surface area contributed by atoms with Crippen LogP contribution in [0.3, 0.4) is 0 Å². The van der Waals surface area contributed by atoms with E-state index in [4.69, 9.17) is 11.6 Å². The highest BCUT2D eigenvalue weighted by Crippen LogP contribution is 2.45. The number of rotatable bonds is 6. The fourth-order valence-corrected chi connectivity index (χ4v) is 5.59. The molecule has 2 N–H and O–H groups in total. The number of benzene rings is 3. The van der Waals surface area contributed by atoms with E-state index < -0.39 is 41.6 Å². The zero-order valence-electron chi connectivity index (χ0n) is 18.8.